The second kappa shape index (κ2) is 6.51. The van der Waals surface area contributed by atoms with Crippen LogP contribution in [-0.4, -0.2) is 67.8 Å². The van der Waals surface area contributed by atoms with Crippen LogP contribution in [0.1, 0.15) is 6.42 Å². The standard InChI is InChI=1S/C13H20N4O2S/c18-12(11-10-14-2-8-19-11)16-4-1-5-17(7-6-16)13-15-3-9-20-13/h3,9,11,14H,1-2,4-8,10H2. The van der Waals surface area contributed by atoms with E-state index in [0.29, 0.717) is 13.2 Å². The number of hydrogen-bond donors (Lipinski definition) is 1. The number of carbonyl (C=O) groups is 1. The Morgan fingerprint density at radius 2 is 2.35 bits per heavy atom. The van der Waals surface area contributed by atoms with Crippen LogP contribution in [0.15, 0.2) is 11.6 Å². The van der Waals surface area contributed by atoms with Gasteiger partial charge in [0.05, 0.1) is 6.61 Å². The number of nitrogens with zero attached hydrogens (tertiary/aromatic N) is 3. The molecule has 2 fully saturated rings. The molecule has 1 aromatic rings. The molecule has 1 N–H and O–H groups in total. The van der Waals surface area contributed by atoms with Crippen LogP contribution < -0.4 is 10.2 Å². The van der Waals surface area contributed by atoms with Gasteiger partial charge in [-0.05, 0) is 6.42 Å². The van der Waals surface area contributed by atoms with Crippen molar-refractivity contribution in [2.24, 2.45) is 0 Å². The molecule has 110 valence electrons. The summed E-state index contributed by atoms with van der Waals surface area (Å²) in [5.41, 5.74) is 0. The van der Waals surface area contributed by atoms with Crippen LogP contribution in [-0.2, 0) is 9.53 Å². The summed E-state index contributed by atoms with van der Waals surface area (Å²) in [5.74, 6) is 0.123. The zero-order chi connectivity index (χ0) is 13.8. The fourth-order valence-corrected chi connectivity index (χ4v) is 3.33. The molecule has 2 saturated heterocycles. The highest BCUT2D eigenvalue weighted by Gasteiger charge is 2.28. The molecule has 3 heterocycles. The highest BCUT2D eigenvalue weighted by atomic mass is 32.1. The van der Waals surface area contributed by atoms with Crippen LogP contribution in [0.2, 0.25) is 0 Å². The van der Waals surface area contributed by atoms with Gasteiger partial charge in [-0.3, -0.25) is 4.79 Å². The van der Waals surface area contributed by atoms with E-state index in [4.69, 9.17) is 4.74 Å². The number of carbonyl (C=O) groups excluding carboxylic acids is 1. The van der Waals surface area contributed by atoms with Gasteiger partial charge in [0.2, 0.25) is 0 Å². The van der Waals surface area contributed by atoms with Crippen molar-refractivity contribution in [1.82, 2.24) is 15.2 Å². The van der Waals surface area contributed by atoms with Crippen molar-refractivity contribution in [2.45, 2.75) is 12.5 Å². The van der Waals surface area contributed by atoms with Crippen molar-refractivity contribution in [2.75, 3.05) is 50.8 Å². The first-order chi connectivity index (χ1) is 9.84. The Morgan fingerprint density at radius 1 is 1.40 bits per heavy atom. The summed E-state index contributed by atoms with van der Waals surface area (Å²) in [6, 6.07) is 0. The van der Waals surface area contributed by atoms with E-state index in [2.05, 4.69) is 15.2 Å². The number of anilines is 1. The lowest BCUT2D eigenvalue weighted by Gasteiger charge is -2.29. The molecule has 0 saturated carbocycles. The molecule has 20 heavy (non-hydrogen) atoms. The number of hydrogen-bond acceptors (Lipinski definition) is 6. The fourth-order valence-electron chi connectivity index (χ4n) is 2.63. The minimum Gasteiger partial charge on any atom is -0.366 e. The maximum atomic E-state index is 12.4. The third kappa shape index (κ3) is 3.11. The van der Waals surface area contributed by atoms with Crippen LogP contribution in [0, 0.1) is 0 Å². The fraction of sp³-hybridized carbons (Fsp3) is 0.692. The van der Waals surface area contributed by atoms with Gasteiger partial charge in [-0.15, -0.1) is 11.3 Å². The molecule has 6 nitrogen and oxygen atoms in total. The van der Waals surface area contributed by atoms with Gasteiger partial charge in [-0.2, -0.15) is 0 Å². The predicted octanol–water partition coefficient (Wildman–Crippen LogP) is 0.170. The maximum Gasteiger partial charge on any atom is 0.253 e. The number of morpholine rings is 1. The van der Waals surface area contributed by atoms with E-state index in [0.717, 1.165) is 44.3 Å². The van der Waals surface area contributed by atoms with Crippen molar-refractivity contribution in [3.05, 3.63) is 11.6 Å². The summed E-state index contributed by atoms with van der Waals surface area (Å²) in [6.45, 7) is 5.45. The van der Waals surface area contributed by atoms with Crippen molar-refractivity contribution in [3.8, 4) is 0 Å². The second-order valence-corrected chi connectivity index (χ2v) is 5.92. The molecular weight excluding hydrogens is 276 g/mol. The number of thiazole rings is 1. The lowest BCUT2D eigenvalue weighted by Crippen LogP contribution is -2.50. The molecule has 0 radical (unpaired) electrons. The lowest BCUT2D eigenvalue weighted by atomic mass is 10.2. The van der Waals surface area contributed by atoms with Crippen LogP contribution in [0.4, 0.5) is 5.13 Å². The number of amides is 1. The molecule has 2 aliphatic heterocycles. The minimum atomic E-state index is -0.310. The quantitative estimate of drug-likeness (QED) is 0.843. The Bertz CT molecular complexity index is 434. The minimum absolute atomic E-state index is 0.123. The van der Waals surface area contributed by atoms with E-state index in [-0.39, 0.29) is 12.0 Å². The predicted molar refractivity (Wildman–Crippen MR) is 78.1 cm³/mol. The Hall–Kier alpha value is -1.18. The molecule has 1 atom stereocenters. The Morgan fingerprint density at radius 3 is 3.10 bits per heavy atom. The van der Waals surface area contributed by atoms with Crippen LogP contribution >= 0.6 is 11.3 Å². The first-order valence-corrected chi connectivity index (χ1v) is 7.98. The molecule has 1 unspecified atom stereocenters. The molecule has 0 bridgehead atoms. The smallest absolute Gasteiger partial charge is 0.253 e. The zero-order valence-corrected chi connectivity index (χ0v) is 12.3. The molecular formula is C13H20N4O2S. The summed E-state index contributed by atoms with van der Waals surface area (Å²) < 4.78 is 5.56. The summed E-state index contributed by atoms with van der Waals surface area (Å²) in [4.78, 5) is 21.0. The normalized spacial score (nSPS) is 24.5. The second-order valence-electron chi connectivity index (χ2n) is 5.04. The van der Waals surface area contributed by atoms with E-state index in [1.54, 1.807) is 11.3 Å². The van der Waals surface area contributed by atoms with Crippen LogP contribution in [0.25, 0.3) is 0 Å². The van der Waals surface area contributed by atoms with Gasteiger partial charge in [0.15, 0.2) is 5.13 Å². The lowest BCUT2D eigenvalue weighted by molar-refractivity contribution is -0.144. The third-order valence-corrected chi connectivity index (χ3v) is 4.53. The molecule has 1 aromatic heterocycles. The van der Waals surface area contributed by atoms with E-state index in [9.17, 15) is 4.79 Å². The van der Waals surface area contributed by atoms with Gasteiger partial charge in [0.25, 0.3) is 5.91 Å². The largest absolute Gasteiger partial charge is 0.366 e. The van der Waals surface area contributed by atoms with Crippen LogP contribution in [0.5, 0.6) is 0 Å². The summed E-state index contributed by atoms with van der Waals surface area (Å²) in [5, 5.41) is 6.25. The molecule has 7 heteroatoms. The molecule has 2 aliphatic rings. The maximum absolute atomic E-state index is 12.4. The summed E-state index contributed by atoms with van der Waals surface area (Å²) >= 11 is 1.65. The van der Waals surface area contributed by atoms with Gasteiger partial charge in [-0.25, -0.2) is 4.98 Å². The number of ether oxygens (including phenoxy) is 1. The number of nitrogens with one attached hydrogen (secondary N) is 1. The highest BCUT2D eigenvalue weighted by Crippen LogP contribution is 2.19. The average Bonchev–Trinajstić information content (AvgIpc) is 2.92. The first kappa shape index (κ1) is 13.8. The van der Waals surface area contributed by atoms with E-state index in [1.807, 2.05) is 16.5 Å². The van der Waals surface area contributed by atoms with Gasteiger partial charge >= 0.3 is 0 Å². The van der Waals surface area contributed by atoms with Crippen molar-refractivity contribution >= 4 is 22.4 Å². The summed E-state index contributed by atoms with van der Waals surface area (Å²) in [7, 11) is 0. The van der Waals surface area contributed by atoms with Gasteiger partial charge in [0, 0.05) is 50.8 Å². The van der Waals surface area contributed by atoms with Crippen molar-refractivity contribution in [1.29, 1.82) is 0 Å². The van der Waals surface area contributed by atoms with Gasteiger partial charge in [-0.1, -0.05) is 0 Å². The monoisotopic (exact) mass is 296 g/mol. The molecule has 3 rings (SSSR count). The topological polar surface area (TPSA) is 57.7 Å². The zero-order valence-electron chi connectivity index (χ0n) is 11.5. The van der Waals surface area contributed by atoms with Crippen molar-refractivity contribution < 1.29 is 9.53 Å². The molecule has 0 spiro atoms. The highest BCUT2D eigenvalue weighted by molar-refractivity contribution is 7.13. The van der Waals surface area contributed by atoms with E-state index in [1.165, 1.54) is 0 Å². The third-order valence-electron chi connectivity index (χ3n) is 3.70. The summed E-state index contributed by atoms with van der Waals surface area (Å²) in [6.07, 6.45) is 2.50. The Kier molecular flexibility index (Phi) is 4.49. The first-order valence-electron chi connectivity index (χ1n) is 7.10. The van der Waals surface area contributed by atoms with Gasteiger partial charge in [0.1, 0.15) is 6.10 Å². The average molecular weight is 296 g/mol. The van der Waals surface area contributed by atoms with Gasteiger partial charge < -0.3 is 19.9 Å². The Labute approximate surface area is 122 Å². The molecule has 0 aromatic carbocycles. The SMILES string of the molecule is O=C(C1CNCCO1)N1CCCN(c2nccs2)CC1. The van der Waals surface area contributed by atoms with E-state index >= 15 is 0 Å². The Balaban J connectivity index is 1.57. The number of aromatic nitrogens is 1. The van der Waals surface area contributed by atoms with Crippen LogP contribution in [0.3, 0.4) is 0 Å². The molecule has 1 amide bonds. The van der Waals surface area contributed by atoms with Crippen molar-refractivity contribution in [3.63, 3.8) is 0 Å². The van der Waals surface area contributed by atoms with E-state index < -0.39 is 0 Å². The molecule has 0 aliphatic carbocycles. The number of rotatable bonds is 2.